The van der Waals surface area contributed by atoms with Crippen molar-refractivity contribution in [3.8, 4) is 0 Å². The van der Waals surface area contributed by atoms with Gasteiger partial charge in [0.1, 0.15) is 0 Å². The van der Waals surface area contributed by atoms with E-state index in [1.807, 2.05) is 0 Å². The highest BCUT2D eigenvalue weighted by Gasteiger charge is 2.13. The Morgan fingerprint density at radius 3 is 2.45 bits per heavy atom. The van der Waals surface area contributed by atoms with Crippen molar-refractivity contribution in [1.82, 2.24) is 5.32 Å². The van der Waals surface area contributed by atoms with E-state index in [-0.39, 0.29) is 0 Å². The summed E-state index contributed by atoms with van der Waals surface area (Å²) in [6.45, 7) is 3.13. The largest absolute Gasteiger partial charge is 0.310 e. The molecule has 0 aliphatic rings. The molecule has 0 aliphatic carbocycles. The number of hydrogen-bond donors (Lipinski definition) is 1. The molecule has 1 N–H and O–H groups in total. The maximum atomic E-state index is 3.67. The minimum absolute atomic E-state index is 0.377. The van der Waals surface area contributed by atoms with Gasteiger partial charge in [-0.15, -0.1) is 0 Å². The second kappa shape index (κ2) is 7.96. The van der Waals surface area contributed by atoms with Gasteiger partial charge in [0, 0.05) is 15.0 Å². The van der Waals surface area contributed by atoms with Crippen molar-refractivity contribution in [3.05, 3.63) is 68.6 Å². The average Bonchev–Trinajstić information content (AvgIpc) is 2.45. The molecule has 0 spiro atoms. The summed E-state index contributed by atoms with van der Waals surface area (Å²) < 4.78 is 2.26. The Balaban J connectivity index is 2.10. The first-order valence-electron chi connectivity index (χ1n) is 6.93. The van der Waals surface area contributed by atoms with Gasteiger partial charge in [0.15, 0.2) is 0 Å². The van der Waals surface area contributed by atoms with Crippen molar-refractivity contribution in [2.75, 3.05) is 6.54 Å². The van der Waals surface area contributed by atoms with Crippen LogP contribution in [0.4, 0.5) is 0 Å². The Morgan fingerprint density at radius 1 is 1.05 bits per heavy atom. The van der Waals surface area contributed by atoms with E-state index in [0.29, 0.717) is 6.04 Å². The lowest BCUT2D eigenvalue weighted by molar-refractivity contribution is 0.513. The summed E-state index contributed by atoms with van der Waals surface area (Å²) in [5.74, 6) is 0. The van der Waals surface area contributed by atoms with Gasteiger partial charge >= 0.3 is 0 Å². The summed E-state index contributed by atoms with van der Waals surface area (Å²) in [7, 11) is 0. The molecular formula is C17H19Br2N. The first-order chi connectivity index (χ1) is 9.70. The third kappa shape index (κ3) is 4.44. The SMILES string of the molecule is CCNC(CCc1ccccc1)c1ccc(Br)cc1Br. The quantitative estimate of drug-likeness (QED) is 0.680. The highest BCUT2D eigenvalue weighted by Crippen LogP contribution is 2.29. The predicted molar refractivity (Wildman–Crippen MR) is 93.0 cm³/mol. The van der Waals surface area contributed by atoms with Gasteiger partial charge in [0.25, 0.3) is 0 Å². The first-order valence-corrected chi connectivity index (χ1v) is 8.51. The smallest absolute Gasteiger partial charge is 0.0334 e. The van der Waals surface area contributed by atoms with Gasteiger partial charge in [-0.05, 0) is 42.6 Å². The molecule has 0 saturated heterocycles. The molecule has 0 heterocycles. The van der Waals surface area contributed by atoms with E-state index < -0.39 is 0 Å². The number of halogens is 2. The molecule has 1 atom stereocenters. The van der Waals surface area contributed by atoms with Crippen molar-refractivity contribution >= 4 is 31.9 Å². The number of nitrogens with one attached hydrogen (secondary N) is 1. The van der Waals surface area contributed by atoms with Gasteiger partial charge in [0.05, 0.1) is 0 Å². The second-order valence-corrected chi connectivity index (χ2v) is 6.57. The maximum Gasteiger partial charge on any atom is 0.0334 e. The molecule has 106 valence electrons. The van der Waals surface area contributed by atoms with Crippen molar-refractivity contribution in [2.45, 2.75) is 25.8 Å². The molecule has 2 rings (SSSR count). The molecule has 0 aliphatic heterocycles. The minimum Gasteiger partial charge on any atom is -0.310 e. The summed E-state index contributed by atoms with van der Waals surface area (Å²) in [6, 6.07) is 17.4. The first kappa shape index (κ1) is 15.7. The standard InChI is InChI=1S/C17H19Br2N/c1-2-20-17(11-8-13-6-4-3-5-7-13)15-10-9-14(18)12-16(15)19/h3-7,9-10,12,17,20H,2,8,11H2,1H3. The normalized spacial score (nSPS) is 12.3. The van der Waals surface area contributed by atoms with Crippen LogP contribution < -0.4 is 5.32 Å². The Labute approximate surface area is 138 Å². The highest BCUT2D eigenvalue weighted by molar-refractivity contribution is 9.11. The average molecular weight is 397 g/mol. The maximum absolute atomic E-state index is 3.67. The van der Waals surface area contributed by atoms with Gasteiger partial charge in [-0.3, -0.25) is 0 Å². The second-order valence-electron chi connectivity index (χ2n) is 4.80. The molecule has 2 aromatic rings. The zero-order chi connectivity index (χ0) is 14.4. The Morgan fingerprint density at radius 2 is 1.80 bits per heavy atom. The number of benzene rings is 2. The highest BCUT2D eigenvalue weighted by atomic mass is 79.9. The molecule has 0 fully saturated rings. The molecular weight excluding hydrogens is 378 g/mol. The van der Waals surface area contributed by atoms with Crippen molar-refractivity contribution < 1.29 is 0 Å². The van der Waals surface area contributed by atoms with Gasteiger partial charge < -0.3 is 5.32 Å². The van der Waals surface area contributed by atoms with Crippen LogP contribution in [-0.4, -0.2) is 6.54 Å². The molecule has 0 aromatic heterocycles. The van der Waals surface area contributed by atoms with Crippen LogP contribution in [0.15, 0.2) is 57.5 Å². The van der Waals surface area contributed by atoms with Crippen LogP contribution in [0.2, 0.25) is 0 Å². The molecule has 0 saturated carbocycles. The van der Waals surface area contributed by atoms with Crippen LogP contribution in [0.1, 0.15) is 30.5 Å². The zero-order valence-corrected chi connectivity index (χ0v) is 14.7. The summed E-state index contributed by atoms with van der Waals surface area (Å²) in [5, 5.41) is 3.58. The fourth-order valence-corrected chi connectivity index (χ4v) is 3.68. The van der Waals surface area contributed by atoms with E-state index in [4.69, 9.17) is 0 Å². The summed E-state index contributed by atoms with van der Waals surface area (Å²) in [6.07, 6.45) is 2.18. The minimum atomic E-state index is 0.377. The molecule has 0 radical (unpaired) electrons. The van der Waals surface area contributed by atoms with Gasteiger partial charge in [-0.1, -0.05) is 75.2 Å². The number of hydrogen-bond acceptors (Lipinski definition) is 1. The van der Waals surface area contributed by atoms with Gasteiger partial charge in [-0.2, -0.15) is 0 Å². The predicted octanol–water partition coefficient (Wildman–Crippen LogP) is 5.50. The van der Waals surface area contributed by atoms with E-state index in [1.165, 1.54) is 11.1 Å². The van der Waals surface area contributed by atoms with Crippen LogP contribution in [0.3, 0.4) is 0 Å². The van der Waals surface area contributed by atoms with Crippen molar-refractivity contribution in [1.29, 1.82) is 0 Å². The van der Waals surface area contributed by atoms with Crippen LogP contribution in [0.25, 0.3) is 0 Å². The summed E-state index contributed by atoms with van der Waals surface area (Å²) >= 11 is 7.18. The number of aryl methyl sites for hydroxylation is 1. The third-order valence-electron chi connectivity index (χ3n) is 3.35. The van der Waals surface area contributed by atoms with Crippen molar-refractivity contribution in [2.24, 2.45) is 0 Å². The zero-order valence-electron chi connectivity index (χ0n) is 11.6. The summed E-state index contributed by atoms with van der Waals surface area (Å²) in [5.41, 5.74) is 2.72. The fraction of sp³-hybridized carbons (Fsp3) is 0.294. The van der Waals surface area contributed by atoms with Crippen LogP contribution in [0.5, 0.6) is 0 Å². The van der Waals surface area contributed by atoms with E-state index in [1.54, 1.807) is 0 Å². The van der Waals surface area contributed by atoms with Crippen molar-refractivity contribution in [3.63, 3.8) is 0 Å². The lowest BCUT2D eigenvalue weighted by Crippen LogP contribution is -2.21. The molecule has 2 aromatic carbocycles. The van der Waals surface area contributed by atoms with Gasteiger partial charge in [-0.25, -0.2) is 0 Å². The monoisotopic (exact) mass is 395 g/mol. The Hall–Kier alpha value is -0.640. The Kier molecular flexibility index (Phi) is 6.27. The Bertz CT molecular complexity index is 540. The van der Waals surface area contributed by atoms with E-state index in [0.717, 1.165) is 28.3 Å². The van der Waals surface area contributed by atoms with Crippen LogP contribution in [0, 0.1) is 0 Å². The van der Waals surface area contributed by atoms with E-state index >= 15 is 0 Å². The van der Waals surface area contributed by atoms with Gasteiger partial charge in [0.2, 0.25) is 0 Å². The molecule has 0 bridgehead atoms. The van der Waals surface area contributed by atoms with Crippen LogP contribution in [-0.2, 0) is 6.42 Å². The lowest BCUT2D eigenvalue weighted by Gasteiger charge is -2.20. The van der Waals surface area contributed by atoms with E-state index in [9.17, 15) is 0 Å². The molecule has 3 heteroatoms. The van der Waals surface area contributed by atoms with Crippen LogP contribution >= 0.6 is 31.9 Å². The summed E-state index contributed by atoms with van der Waals surface area (Å²) in [4.78, 5) is 0. The molecule has 1 unspecified atom stereocenters. The third-order valence-corrected chi connectivity index (χ3v) is 4.53. The molecule has 20 heavy (non-hydrogen) atoms. The topological polar surface area (TPSA) is 12.0 Å². The number of rotatable bonds is 6. The molecule has 0 amide bonds. The molecule has 1 nitrogen and oxygen atoms in total. The van der Waals surface area contributed by atoms with E-state index in [2.05, 4.69) is 92.6 Å². The lowest BCUT2D eigenvalue weighted by atomic mass is 9.99. The fourth-order valence-electron chi connectivity index (χ4n) is 2.35.